The van der Waals surface area contributed by atoms with E-state index in [4.69, 9.17) is 21.1 Å². The lowest BCUT2D eigenvalue weighted by molar-refractivity contribution is 0.207. The highest BCUT2D eigenvalue weighted by molar-refractivity contribution is 9.09. The molecule has 27 heavy (non-hydrogen) atoms. The molecule has 0 N–H and O–H groups in total. The van der Waals surface area contributed by atoms with Crippen molar-refractivity contribution in [2.75, 3.05) is 23.4 Å². The van der Waals surface area contributed by atoms with Crippen molar-refractivity contribution in [2.45, 2.75) is 32.1 Å². The van der Waals surface area contributed by atoms with E-state index in [1.165, 1.54) is 0 Å². The summed E-state index contributed by atoms with van der Waals surface area (Å²) >= 11 is 9.31. The van der Waals surface area contributed by atoms with Gasteiger partial charge in [-0.05, 0) is 80.1 Å². The number of fused-ring (bicyclic) bond motifs is 1. The number of aryl methyl sites for hydroxylation is 1. The number of halogens is 2. The number of benzene rings is 2. The summed E-state index contributed by atoms with van der Waals surface area (Å²) in [5.41, 5.74) is 2.01. The van der Waals surface area contributed by atoms with Crippen molar-refractivity contribution < 1.29 is 14.3 Å². The van der Waals surface area contributed by atoms with E-state index >= 15 is 0 Å². The Bertz CT molecular complexity index is 767. The summed E-state index contributed by atoms with van der Waals surface area (Å²) in [4.78, 5) is 14.3. The van der Waals surface area contributed by atoms with E-state index in [9.17, 15) is 4.79 Å². The van der Waals surface area contributed by atoms with Gasteiger partial charge in [0.25, 0.3) is 0 Å². The van der Waals surface area contributed by atoms with Crippen LogP contribution in [0.2, 0.25) is 5.02 Å². The molecule has 1 aliphatic rings. The van der Waals surface area contributed by atoms with E-state index in [1.54, 1.807) is 29.2 Å². The molecule has 1 aliphatic heterocycles. The van der Waals surface area contributed by atoms with Crippen LogP contribution in [0.3, 0.4) is 0 Å². The molecule has 4 nitrogen and oxygen atoms in total. The van der Waals surface area contributed by atoms with Gasteiger partial charge in [0.15, 0.2) is 0 Å². The molecular weight excluding hydrogens is 430 g/mol. The predicted octanol–water partition coefficient (Wildman–Crippen LogP) is 6.24. The number of amides is 1. The number of unbranched alkanes of at least 4 members (excludes halogenated alkanes) is 2. The summed E-state index contributed by atoms with van der Waals surface area (Å²) in [7, 11) is 0. The van der Waals surface area contributed by atoms with Crippen LogP contribution >= 0.6 is 27.5 Å². The Morgan fingerprint density at radius 3 is 2.63 bits per heavy atom. The Labute approximate surface area is 173 Å². The molecule has 0 aromatic heterocycles. The summed E-state index contributed by atoms with van der Waals surface area (Å²) in [5, 5.41) is 1.64. The topological polar surface area (TPSA) is 38.8 Å². The zero-order chi connectivity index (χ0) is 19.1. The first kappa shape index (κ1) is 20.0. The standard InChI is InChI=1S/C21H23BrClNO3/c22-12-2-1-3-14-26-19-10-11-20-16(15-19)5-4-13-24(20)21(25)27-18-8-6-17(23)7-9-18/h6-11,15H,1-5,12-14H2. The Morgan fingerprint density at radius 2 is 1.85 bits per heavy atom. The molecule has 0 atom stereocenters. The van der Waals surface area contributed by atoms with Gasteiger partial charge in [-0.3, -0.25) is 4.90 Å². The SMILES string of the molecule is O=C(Oc1ccc(Cl)cc1)N1CCCc2cc(OCCCCCBr)ccc21. The summed E-state index contributed by atoms with van der Waals surface area (Å²) in [5.74, 6) is 1.35. The van der Waals surface area contributed by atoms with E-state index < -0.39 is 0 Å². The zero-order valence-corrected chi connectivity index (χ0v) is 17.5. The lowest BCUT2D eigenvalue weighted by atomic mass is 10.0. The Kier molecular flexibility index (Phi) is 7.41. The molecule has 0 bridgehead atoms. The third-order valence-corrected chi connectivity index (χ3v) is 5.27. The maximum atomic E-state index is 12.6. The van der Waals surface area contributed by atoms with Crippen molar-refractivity contribution >= 4 is 39.3 Å². The van der Waals surface area contributed by atoms with Crippen molar-refractivity contribution in [1.29, 1.82) is 0 Å². The molecule has 0 unspecified atom stereocenters. The average Bonchev–Trinajstić information content (AvgIpc) is 2.69. The van der Waals surface area contributed by atoms with Gasteiger partial charge in [0.2, 0.25) is 0 Å². The Morgan fingerprint density at radius 1 is 1.07 bits per heavy atom. The number of anilines is 1. The molecule has 0 saturated carbocycles. The quantitative estimate of drug-likeness (QED) is 0.369. The molecule has 0 radical (unpaired) electrons. The third kappa shape index (κ3) is 5.63. The van der Waals surface area contributed by atoms with Crippen LogP contribution in [0.1, 0.15) is 31.2 Å². The second-order valence-corrected chi connectivity index (χ2v) is 7.70. The van der Waals surface area contributed by atoms with Gasteiger partial charge in [-0.2, -0.15) is 0 Å². The van der Waals surface area contributed by atoms with Crippen LogP contribution in [0.15, 0.2) is 42.5 Å². The molecular formula is C21H23BrClNO3. The minimum Gasteiger partial charge on any atom is -0.494 e. The van der Waals surface area contributed by atoms with Crippen molar-refractivity contribution in [2.24, 2.45) is 0 Å². The fourth-order valence-electron chi connectivity index (χ4n) is 3.07. The van der Waals surface area contributed by atoms with Crippen molar-refractivity contribution in [1.82, 2.24) is 0 Å². The minimum absolute atomic E-state index is 0.373. The Balaban J connectivity index is 1.63. The molecule has 0 aliphatic carbocycles. The van der Waals surface area contributed by atoms with Gasteiger partial charge in [0.05, 0.1) is 12.3 Å². The van der Waals surface area contributed by atoms with Crippen molar-refractivity contribution in [3.63, 3.8) is 0 Å². The average molecular weight is 453 g/mol. The molecule has 1 amide bonds. The fraction of sp³-hybridized carbons (Fsp3) is 0.381. The molecule has 0 saturated heterocycles. The molecule has 2 aromatic carbocycles. The predicted molar refractivity (Wildman–Crippen MR) is 113 cm³/mol. The van der Waals surface area contributed by atoms with Gasteiger partial charge in [0.1, 0.15) is 11.5 Å². The number of nitrogens with zero attached hydrogens (tertiary/aromatic N) is 1. The van der Waals surface area contributed by atoms with E-state index in [0.29, 0.717) is 23.9 Å². The Hall–Kier alpha value is -1.72. The van der Waals surface area contributed by atoms with Crippen LogP contribution in [-0.2, 0) is 6.42 Å². The largest absolute Gasteiger partial charge is 0.494 e. The van der Waals surface area contributed by atoms with Crippen LogP contribution in [0, 0.1) is 0 Å². The van der Waals surface area contributed by atoms with Crippen LogP contribution in [-0.4, -0.2) is 24.6 Å². The van der Waals surface area contributed by atoms with E-state index in [0.717, 1.165) is 54.4 Å². The monoisotopic (exact) mass is 451 g/mol. The second-order valence-electron chi connectivity index (χ2n) is 6.47. The van der Waals surface area contributed by atoms with E-state index in [1.807, 2.05) is 18.2 Å². The van der Waals surface area contributed by atoms with Crippen LogP contribution in [0.4, 0.5) is 10.5 Å². The molecule has 6 heteroatoms. The van der Waals surface area contributed by atoms with Crippen LogP contribution in [0.25, 0.3) is 0 Å². The van der Waals surface area contributed by atoms with Crippen molar-refractivity contribution in [3.8, 4) is 11.5 Å². The molecule has 1 heterocycles. The lowest BCUT2D eigenvalue weighted by Gasteiger charge is -2.29. The molecule has 144 valence electrons. The number of hydrogen-bond donors (Lipinski definition) is 0. The van der Waals surface area contributed by atoms with Gasteiger partial charge in [0, 0.05) is 16.9 Å². The first-order valence-electron chi connectivity index (χ1n) is 9.24. The number of ether oxygens (including phenoxy) is 2. The van der Waals surface area contributed by atoms with Crippen molar-refractivity contribution in [3.05, 3.63) is 53.1 Å². The lowest BCUT2D eigenvalue weighted by Crippen LogP contribution is -2.37. The van der Waals surface area contributed by atoms with Gasteiger partial charge >= 0.3 is 6.09 Å². The number of hydrogen-bond acceptors (Lipinski definition) is 3. The number of carbonyl (C=O) groups is 1. The number of carbonyl (C=O) groups excluding carboxylic acids is 1. The summed E-state index contributed by atoms with van der Waals surface area (Å²) in [6.07, 6.45) is 4.82. The van der Waals surface area contributed by atoms with E-state index in [2.05, 4.69) is 15.9 Å². The van der Waals surface area contributed by atoms with Gasteiger partial charge in [-0.1, -0.05) is 27.5 Å². The summed E-state index contributed by atoms with van der Waals surface area (Å²) in [6, 6.07) is 12.7. The fourth-order valence-corrected chi connectivity index (χ4v) is 3.60. The summed E-state index contributed by atoms with van der Waals surface area (Å²) < 4.78 is 11.4. The van der Waals surface area contributed by atoms with Gasteiger partial charge < -0.3 is 9.47 Å². The maximum Gasteiger partial charge on any atom is 0.419 e. The highest BCUT2D eigenvalue weighted by Gasteiger charge is 2.24. The van der Waals surface area contributed by atoms with Crippen LogP contribution < -0.4 is 14.4 Å². The highest BCUT2D eigenvalue weighted by atomic mass is 79.9. The van der Waals surface area contributed by atoms with Gasteiger partial charge in [-0.15, -0.1) is 0 Å². The van der Waals surface area contributed by atoms with Gasteiger partial charge in [-0.25, -0.2) is 4.79 Å². The minimum atomic E-state index is -0.373. The molecule has 2 aromatic rings. The first-order valence-corrected chi connectivity index (χ1v) is 10.7. The maximum absolute atomic E-state index is 12.6. The third-order valence-electron chi connectivity index (χ3n) is 4.46. The summed E-state index contributed by atoms with van der Waals surface area (Å²) in [6.45, 7) is 1.36. The molecule has 3 rings (SSSR count). The zero-order valence-electron chi connectivity index (χ0n) is 15.1. The molecule has 0 fully saturated rings. The van der Waals surface area contributed by atoms with E-state index in [-0.39, 0.29) is 6.09 Å². The number of alkyl halides is 1. The van der Waals surface area contributed by atoms with Crippen LogP contribution in [0.5, 0.6) is 11.5 Å². The normalized spacial score (nSPS) is 13.2. The number of rotatable bonds is 7. The first-order chi connectivity index (χ1) is 13.2. The second kappa shape index (κ2) is 10.00. The highest BCUT2D eigenvalue weighted by Crippen LogP contribution is 2.31. The molecule has 0 spiro atoms. The smallest absolute Gasteiger partial charge is 0.419 e.